The smallest absolute Gasteiger partial charge is 0.224 e. The summed E-state index contributed by atoms with van der Waals surface area (Å²) in [5.74, 6) is -0.00802. The molecule has 3 heterocycles. The molecule has 0 aliphatic rings. The number of hydrogen-bond donors (Lipinski definition) is 1. The van der Waals surface area contributed by atoms with Gasteiger partial charge in [-0.05, 0) is 36.9 Å². The van der Waals surface area contributed by atoms with E-state index < -0.39 is 0 Å². The third kappa shape index (κ3) is 3.52. The topological polar surface area (TPSA) is 54.9 Å². The minimum Gasteiger partial charge on any atom is -0.324 e. The number of carbonyl (C=O) groups excluding carboxylic acids is 1. The number of hydrogen-bond acceptors (Lipinski definition) is 5. The molecule has 26 heavy (non-hydrogen) atoms. The van der Waals surface area contributed by atoms with E-state index in [1.54, 1.807) is 28.9 Å². The quantitative estimate of drug-likeness (QED) is 0.512. The maximum absolute atomic E-state index is 12.5. The number of benzene rings is 1. The van der Waals surface area contributed by atoms with Crippen molar-refractivity contribution in [2.24, 2.45) is 0 Å². The van der Waals surface area contributed by atoms with Crippen LogP contribution in [0.25, 0.3) is 21.5 Å². The number of aromatic nitrogens is 2. The number of nitrogens with one attached hydrogen (secondary N) is 1. The van der Waals surface area contributed by atoms with E-state index in [1.807, 2.05) is 48.7 Å². The lowest BCUT2D eigenvalue weighted by molar-refractivity contribution is -0.116. The van der Waals surface area contributed by atoms with Crippen LogP contribution in [0.15, 0.2) is 54.0 Å². The van der Waals surface area contributed by atoms with Crippen molar-refractivity contribution in [3.05, 3.63) is 63.9 Å². The molecule has 0 aliphatic heterocycles. The van der Waals surface area contributed by atoms with Gasteiger partial charge in [-0.15, -0.1) is 22.7 Å². The third-order valence-electron chi connectivity index (χ3n) is 4.04. The molecule has 4 rings (SSSR count). The highest BCUT2D eigenvalue weighted by atomic mass is 32.1. The first-order valence-corrected chi connectivity index (χ1v) is 10.0. The molecule has 0 saturated carbocycles. The van der Waals surface area contributed by atoms with E-state index in [0.717, 1.165) is 37.0 Å². The van der Waals surface area contributed by atoms with Crippen LogP contribution in [-0.2, 0) is 11.2 Å². The number of rotatable bonds is 5. The van der Waals surface area contributed by atoms with Gasteiger partial charge >= 0.3 is 0 Å². The van der Waals surface area contributed by atoms with Crippen LogP contribution in [0.1, 0.15) is 16.3 Å². The van der Waals surface area contributed by atoms with Gasteiger partial charge in [0.25, 0.3) is 0 Å². The maximum Gasteiger partial charge on any atom is 0.224 e. The molecular weight excluding hydrogens is 362 g/mol. The molecule has 0 atom stereocenters. The third-order valence-corrected chi connectivity index (χ3v) is 5.95. The lowest BCUT2D eigenvalue weighted by Gasteiger charge is -2.08. The normalized spacial score (nSPS) is 11.0. The van der Waals surface area contributed by atoms with Crippen molar-refractivity contribution in [1.29, 1.82) is 0 Å². The van der Waals surface area contributed by atoms with E-state index >= 15 is 0 Å². The molecule has 0 saturated heterocycles. The Morgan fingerprint density at radius 3 is 2.88 bits per heavy atom. The Hall–Kier alpha value is -2.57. The van der Waals surface area contributed by atoms with Gasteiger partial charge < -0.3 is 5.32 Å². The second-order valence-electron chi connectivity index (χ2n) is 5.91. The van der Waals surface area contributed by atoms with Gasteiger partial charge in [0.1, 0.15) is 0 Å². The van der Waals surface area contributed by atoms with Crippen LogP contribution in [0, 0.1) is 6.92 Å². The Kier molecular flexibility index (Phi) is 4.77. The van der Waals surface area contributed by atoms with Crippen molar-refractivity contribution >= 4 is 45.2 Å². The molecule has 6 heteroatoms. The van der Waals surface area contributed by atoms with Crippen molar-refractivity contribution in [3.63, 3.8) is 0 Å². The minimum absolute atomic E-state index is 0.00802. The molecule has 1 aromatic carbocycles. The molecule has 4 aromatic rings. The Morgan fingerprint density at radius 1 is 1.15 bits per heavy atom. The van der Waals surface area contributed by atoms with Gasteiger partial charge in [-0.3, -0.25) is 9.78 Å². The lowest BCUT2D eigenvalue weighted by Crippen LogP contribution is -2.12. The summed E-state index contributed by atoms with van der Waals surface area (Å²) in [6, 6.07) is 13.8. The minimum atomic E-state index is -0.00802. The molecule has 0 radical (unpaired) electrons. The van der Waals surface area contributed by atoms with Crippen LogP contribution < -0.4 is 5.32 Å². The number of amides is 1. The zero-order valence-corrected chi connectivity index (χ0v) is 15.9. The Morgan fingerprint density at radius 2 is 2.04 bits per heavy atom. The molecular formula is C20H17N3OS2. The van der Waals surface area contributed by atoms with Crippen LogP contribution in [0.2, 0.25) is 0 Å². The van der Waals surface area contributed by atoms with Gasteiger partial charge in [0.15, 0.2) is 0 Å². The molecule has 0 fully saturated rings. The lowest BCUT2D eigenvalue weighted by atomic mass is 10.1. The van der Waals surface area contributed by atoms with E-state index in [1.165, 1.54) is 0 Å². The zero-order valence-electron chi connectivity index (χ0n) is 14.2. The summed E-state index contributed by atoms with van der Waals surface area (Å²) >= 11 is 3.34. The predicted octanol–water partition coefficient (Wildman–Crippen LogP) is 5.30. The molecule has 1 amide bonds. The summed E-state index contributed by atoms with van der Waals surface area (Å²) in [5, 5.41) is 7.10. The fourth-order valence-electron chi connectivity index (χ4n) is 2.89. The summed E-state index contributed by atoms with van der Waals surface area (Å²) < 4.78 is 0. The molecule has 0 aliphatic carbocycles. The largest absolute Gasteiger partial charge is 0.324 e. The first-order valence-electron chi connectivity index (χ1n) is 8.34. The first-order chi connectivity index (χ1) is 12.7. The molecule has 3 aromatic heterocycles. The van der Waals surface area contributed by atoms with Crippen molar-refractivity contribution in [2.45, 2.75) is 19.8 Å². The molecule has 0 bridgehead atoms. The molecule has 1 N–H and O–H groups in total. The molecule has 0 unspecified atom stereocenters. The summed E-state index contributed by atoms with van der Waals surface area (Å²) in [4.78, 5) is 23.8. The SMILES string of the molecule is Cc1nc(-c2cccs2)c(CCC(=O)Nc2cccc3cccnc23)s1. The Bertz CT molecular complexity index is 1050. The number of thiophene rings is 1. The van der Waals surface area contributed by atoms with Crippen molar-refractivity contribution < 1.29 is 4.79 Å². The van der Waals surface area contributed by atoms with Gasteiger partial charge in [0.2, 0.25) is 5.91 Å². The second-order valence-corrected chi connectivity index (χ2v) is 8.15. The number of anilines is 1. The van der Waals surface area contributed by atoms with Crippen LogP contribution in [0.3, 0.4) is 0 Å². The molecule has 4 nitrogen and oxygen atoms in total. The van der Waals surface area contributed by atoms with Crippen molar-refractivity contribution in [1.82, 2.24) is 9.97 Å². The number of thiazole rings is 1. The van der Waals surface area contributed by atoms with Gasteiger partial charge in [-0.1, -0.05) is 24.3 Å². The monoisotopic (exact) mass is 379 g/mol. The predicted molar refractivity (Wildman–Crippen MR) is 109 cm³/mol. The van der Waals surface area contributed by atoms with Crippen LogP contribution >= 0.6 is 22.7 Å². The summed E-state index contributed by atoms with van der Waals surface area (Å²) in [5.41, 5.74) is 2.59. The second kappa shape index (κ2) is 7.35. The van der Waals surface area contributed by atoms with Crippen LogP contribution in [0.4, 0.5) is 5.69 Å². The van der Waals surface area contributed by atoms with Gasteiger partial charge in [-0.25, -0.2) is 4.98 Å². The van der Waals surface area contributed by atoms with E-state index in [2.05, 4.69) is 21.4 Å². The van der Waals surface area contributed by atoms with Crippen LogP contribution in [-0.4, -0.2) is 15.9 Å². The summed E-state index contributed by atoms with van der Waals surface area (Å²) in [7, 11) is 0. The number of para-hydroxylation sites is 1. The van der Waals surface area contributed by atoms with Crippen molar-refractivity contribution in [2.75, 3.05) is 5.32 Å². The Balaban J connectivity index is 1.48. The first kappa shape index (κ1) is 16.9. The van der Waals surface area contributed by atoms with Crippen molar-refractivity contribution in [3.8, 4) is 10.6 Å². The van der Waals surface area contributed by atoms with E-state index in [0.29, 0.717) is 12.8 Å². The highest BCUT2D eigenvalue weighted by molar-refractivity contribution is 7.15. The number of aryl methyl sites for hydroxylation is 2. The molecule has 0 spiro atoms. The van der Waals surface area contributed by atoms with E-state index in [9.17, 15) is 4.79 Å². The van der Waals surface area contributed by atoms with E-state index in [-0.39, 0.29) is 5.91 Å². The highest BCUT2D eigenvalue weighted by Gasteiger charge is 2.14. The number of carbonyl (C=O) groups is 1. The highest BCUT2D eigenvalue weighted by Crippen LogP contribution is 2.32. The molecule has 130 valence electrons. The van der Waals surface area contributed by atoms with E-state index in [4.69, 9.17) is 0 Å². The average Bonchev–Trinajstić information content (AvgIpc) is 3.29. The average molecular weight is 380 g/mol. The standard InChI is InChI=1S/C20H17N3OS2/c1-13-22-20(16-8-4-12-25-16)17(26-13)9-10-18(24)23-15-7-2-5-14-6-3-11-21-19(14)15/h2-8,11-12H,9-10H2,1H3,(H,23,24). The summed E-state index contributed by atoms with van der Waals surface area (Å²) in [6.07, 6.45) is 2.84. The summed E-state index contributed by atoms with van der Waals surface area (Å²) in [6.45, 7) is 2.01. The fraction of sp³-hybridized carbons (Fsp3) is 0.150. The van der Waals surface area contributed by atoms with Gasteiger partial charge in [-0.2, -0.15) is 0 Å². The maximum atomic E-state index is 12.5. The van der Waals surface area contributed by atoms with Gasteiger partial charge in [0.05, 0.1) is 26.8 Å². The zero-order chi connectivity index (χ0) is 17.9. The number of pyridine rings is 1. The number of fused-ring (bicyclic) bond motifs is 1. The fourth-order valence-corrected chi connectivity index (χ4v) is 4.65. The Labute approximate surface area is 159 Å². The van der Waals surface area contributed by atoms with Crippen LogP contribution in [0.5, 0.6) is 0 Å². The number of nitrogens with zero attached hydrogens (tertiary/aromatic N) is 2. The van der Waals surface area contributed by atoms with Gasteiger partial charge in [0, 0.05) is 22.9 Å².